The summed E-state index contributed by atoms with van der Waals surface area (Å²) in [6.07, 6.45) is 1.19. The number of carboxylic acid groups (broad SMARTS) is 1. The van der Waals surface area contributed by atoms with Crippen LogP contribution in [0.2, 0.25) is 0 Å². The van der Waals surface area contributed by atoms with Crippen LogP contribution in [0.1, 0.15) is 26.2 Å². The van der Waals surface area contributed by atoms with E-state index in [1.807, 2.05) is 0 Å². The van der Waals surface area contributed by atoms with Gasteiger partial charge in [0, 0.05) is 13.0 Å². The molecular weight excluding hydrogens is 226 g/mol. The fourth-order valence-corrected chi connectivity index (χ4v) is 1.57. The van der Waals surface area contributed by atoms with E-state index in [0.29, 0.717) is 26.0 Å². The van der Waals surface area contributed by atoms with Crippen LogP contribution >= 0.6 is 0 Å². The highest BCUT2D eigenvalue weighted by Gasteiger charge is 2.48. The van der Waals surface area contributed by atoms with Crippen molar-refractivity contribution in [2.45, 2.75) is 26.2 Å². The average molecular weight is 243 g/mol. The number of rotatable bonds is 7. The van der Waals surface area contributed by atoms with Crippen LogP contribution in [0.4, 0.5) is 0 Å². The van der Waals surface area contributed by atoms with Crippen molar-refractivity contribution < 1.29 is 24.2 Å². The molecule has 1 amide bonds. The molecule has 1 fully saturated rings. The van der Waals surface area contributed by atoms with E-state index in [1.54, 1.807) is 6.92 Å². The first-order valence-corrected chi connectivity index (χ1v) is 5.72. The van der Waals surface area contributed by atoms with Gasteiger partial charge in [0.2, 0.25) is 5.91 Å². The number of hydrogen-bond acceptors (Lipinski definition) is 4. The third-order valence-corrected chi connectivity index (χ3v) is 2.61. The molecular formula is C11H17NO5. The van der Waals surface area contributed by atoms with E-state index in [4.69, 9.17) is 9.84 Å². The summed E-state index contributed by atoms with van der Waals surface area (Å²) in [5.41, 5.74) is 0. The molecule has 17 heavy (non-hydrogen) atoms. The molecule has 2 atom stereocenters. The van der Waals surface area contributed by atoms with Crippen LogP contribution in [0.15, 0.2) is 0 Å². The summed E-state index contributed by atoms with van der Waals surface area (Å²) < 4.78 is 4.73. The second-order valence-corrected chi connectivity index (χ2v) is 3.99. The van der Waals surface area contributed by atoms with Gasteiger partial charge in [-0.15, -0.1) is 0 Å². The first kappa shape index (κ1) is 13.5. The highest BCUT2D eigenvalue weighted by molar-refractivity contribution is 5.89. The van der Waals surface area contributed by atoms with E-state index in [-0.39, 0.29) is 18.3 Å². The lowest BCUT2D eigenvalue weighted by Gasteiger charge is -2.04. The normalized spacial score (nSPS) is 21.7. The fraction of sp³-hybridized carbons (Fsp3) is 0.727. The number of hydrogen-bond donors (Lipinski definition) is 2. The summed E-state index contributed by atoms with van der Waals surface area (Å²) in [5, 5.41) is 11.3. The Balaban J connectivity index is 2.06. The fourth-order valence-electron chi connectivity index (χ4n) is 1.57. The second-order valence-electron chi connectivity index (χ2n) is 3.99. The van der Waals surface area contributed by atoms with Crippen LogP contribution in [0.25, 0.3) is 0 Å². The number of aliphatic carboxylic acids is 1. The number of nitrogens with one attached hydrogen (secondary N) is 1. The Morgan fingerprint density at radius 1 is 1.35 bits per heavy atom. The molecule has 0 radical (unpaired) electrons. The van der Waals surface area contributed by atoms with Crippen LogP contribution in [0.5, 0.6) is 0 Å². The van der Waals surface area contributed by atoms with Gasteiger partial charge in [-0.1, -0.05) is 0 Å². The molecule has 1 saturated carbocycles. The number of carboxylic acids is 1. The van der Waals surface area contributed by atoms with Crippen molar-refractivity contribution in [1.82, 2.24) is 5.32 Å². The third kappa shape index (κ3) is 4.42. The zero-order valence-corrected chi connectivity index (χ0v) is 9.77. The smallest absolute Gasteiger partial charge is 0.307 e. The van der Waals surface area contributed by atoms with Crippen LogP contribution in [0, 0.1) is 11.8 Å². The molecule has 0 aromatic rings. The monoisotopic (exact) mass is 243 g/mol. The van der Waals surface area contributed by atoms with Gasteiger partial charge in [0.25, 0.3) is 0 Å². The summed E-state index contributed by atoms with van der Waals surface area (Å²) >= 11 is 0. The Bertz CT molecular complexity index is 315. The van der Waals surface area contributed by atoms with Crippen LogP contribution in [0.3, 0.4) is 0 Å². The lowest BCUT2D eigenvalue weighted by atomic mass is 10.2. The van der Waals surface area contributed by atoms with Gasteiger partial charge in [-0.25, -0.2) is 0 Å². The lowest BCUT2D eigenvalue weighted by molar-refractivity contribution is -0.143. The maximum absolute atomic E-state index is 11.4. The Hall–Kier alpha value is -1.59. The summed E-state index contributed by atoms with van der Waals surface area (Å²) in [4.78, 5) is 32.9. The Morgan fingerprint density at radius 3 is 2.59 bits per heavy atom. The van der Waals surface area contributed by atoms with Crippen molar-refractivity contribution in [2.75, 3.05) is 13.2 Å². The van der Waals surface area contributed by atoms with Gasteiger partial charge < -0.3 is 15.2 Å². The first-order chi connectivity index (χ1) is 8.06. The molecule has 6 heteroatoms. The maximum atomic E-state index is 11.4. The second kappa shape index (κ2) is 6.22. The zero-order chi connectivity index (χ0) is 12.8. The van der Waals surface area contributed by atoms with E-state index in [1.165, 1.54) is 0 Å². The van der Waals surface area contributed by atoms with E-state index >= 15 is 0 Å². The quantitative estimate of drug-likeness (QED) is 0.491. The predicted octanol–water partition coefficient (Wildman–Crippen LogP) is 0.167. The minimum Gasteiger partial charge on any atom is -0.481 e. The van der Waals surface area contributed by atoms with E-state index in [9.17, 15) is 14.4 Å². The molecule has 0 spiro atoms. The van der Waals surface area contributed by atoms with Crippen molar-refractivity contribution in [3.8, 4) is 0 Å². The third-order valence-electron chi connectivity index (χ3n) is 2.61. The van der Waals surface area contributed by atoms with Crippen molar-refractivity contribution in [3.63, 3.8) is 0 Å². The van der Waals surface area contributed by atoms with E-state index in [0.717, 1.165) is 0 Å². The highest BCUT2D eigenvalue weighted by atomic mass is 16.5. The number of esters is 1. The molecule has 0 aliphatic heterocycles. The Labute approximate surface area is 99.3 Å². The number of carbonyl (C=O) groups is 3. The van der Waals surface area contributed by atoms with Gasteiger partial charge >= 0.3 is 11.9 Å². The molecule has 96 valence electrons. The lowest BCUT2D eigenvalue weighted by Crippen LogP contribution is -2.27. The topological polar surface area (TPSA) is 92.7 Å². The van der Waals surface area contributed by atoms with Crippen LogP contribution in [-0.4, -0.2) is 36.1 Å². The van der Waals surface area contributed by atoms with Crippen molar-refractivity contribution in [1.29, 1.82) is 0 Å². The molecule has 0 bridgehead atoms. The SMILES string of the molecule is CCOC(=O)CCCNC(=O)C1CC1C(=O)O. The van der Waals surface area contributed by atoms with Crippen LogP contribution in [-0.2, 0) is 19.1 Å². The molecule has 6 nitrogen and oxygen atoms in total. The van der Waals surface area contributed by atoms with Gasteiger partial charge in [0.1, 0.15) is 0 Å². The van der Waals surface area contributed by atoms with E-state index in [2.05, 4.69) is 5.32 Å². The van der Waals surface area contributed by atoms with Crippen LogP contribution < -0.4 is 5.32 Å². The molecule has 0 aromatic carbocycles. The van der Waals surface area contributed by atoms with Gasteiger partial charge in [0.05, 0.1) is 18.4 Å². The molecule has 0 saturated heterocycles. The summed E-state index contributed by atoms with van der Waals surface area (Å²) in [7, 11) is 0. The van der Waals surface area contributed by atoms with Gasteiger partial charge in [-0.2, -0.15) is 0 Å². The largest absolute Gasteiger partial charge is 0.481 e. The Kier molecular flexibility index (Phi) is 4.93. The number of ether oxygens (including phenoxy) is 1. The predicted molar refractivity (Wildman–Crippen MR) is 58.1 cm³/mol. The van der Waals surface area contributed by atoms with Gasteiger partial charge in [-0.05, 0) is 19.8 Å². The van der Waals surface area contributed by atoms with Crippen molar-refractivity contribution in [3.05, 3.63) is 0 Å². The summed E-state index contributed by atoms with van der Waals surface area (Å²) in [6.45, 7) is 2.47. The molecule has 1 rings (SSSR count). The molecule has 0 aromatic heterocycles. The van der Waals surface area contributed by atoms with Gasteiger partial charge in [0.15, 0.2) is 0 Å². The molecule has 2 unspecified atom stereocenters. The maximum Gasteiger partial charge on any atom is 0.307 e. The summed E-state index contributed by atoms with van der Waals surface area (Å²) in [6, 6.07) is 0. The molecule has 2 N–H and O–H groups in total. The van der Waals surface area contributed by atoms with Crippen molar-refractivity contribution >= 4 is 17.8 Å². The Morgan fingerprint density at radius 2 is 2.06 bits per heavy atom. The molecule has 0 heterocycles. The average Bonchev–Trinajstić information content (AvgIpc) is 3.04. The standard InChI is InChI=1S/C11H17NO5/c1-2-17-9(13)4-3-5-12-10(14)7-6-8(7)11(15)16/h7-8H,2-6H2,1H3,(H,12,14)(H,15,16). The minimum atomic E-state index is -0.920. The number of carbonyl (C=O) groups excluding carboxylic acids is 2. The summed E-state index contributed by atoms with van der Waals surface area (Å²) in [5.74, 6) is -2.36. The van der Waals surface area contributed by atoms with E-state index < -0.39 is 17.8 Å². The first-order valence-electron chi connectivity index (χ1n) is 5.72. The molecule has 1 aliphatic rings. The zero-order valence-electron chi connectivity index (χ0n) is 9.77. The highest BCUT2D eigenvalue weighted by Crippen LogP contribution is 2.38. The minimum absolute atomic E-state index is 0.235. The van der Waals surface area contributed by atoms with Gasteiger partial charge in [-0.3, -0.25) is 14.4 Å². The molecule has 1 aliphatic carbocycles. The van der Waals surface area contributed by atoms with Crippen molar-refractivity contribution in [2.24, 2.45) is 11.8 Å². The number of amides is 1.